The number of rotatable bonds is 4. The van der Waals surface area contributed by atoms with Crippen molar-refractivity contribution in [2.75, 3.05) is 5.06 Å². The fourth-order valence-corrected chi connectivity index (χ4v) is 2.32. The van der Waals surface area contributed by atoms with Crippen molar-refractivity contribution >= 4 is 17.3 Å². The van der Waals surface area contributed by atoms with Crippen molar-refractivity contribution in [3.8, 4) is 17.2 Å². The van der Waals surface area contributed by atoms with Crippen LogP contribution in [-0.2, 0) is 4.84 Å². The van der Waals surface area contributed by atoms with E-state index < -0.39 is 23.0 Å². The Bertz CT molecular complexity index is 818. The number of anilines is 2. The van der Waals surface area contributed by atoms with Crippen LogP contribution in [0.1, 0.15) is 10.4 Å². The Hall–Kier alpha value is -3.67. The number of phenolic OH excluding ortho intramolecular Hbond substituents is 3. The third-order valence-corrected chi connectivity index (χ3v) is 3.44. The molecule has 6 heteroatoms. The van der Waals surface area contributed by atoms with E-state index in [9.17, 15) is 20.1 Å². The van der Waals surface area contributed by atoms with Crippen molar-refractivity contribution in [3.63, 3.8) is 0 Å². The minimum atomic E-state index is -0.970. The molecule has 0 heterocycles. The zero-order valence-electron chi connectivity index (χ0n) is 13.0. The number of carbonyl (C=O) groups is 1. The predicted molar refractivity (Wildman–Crippen MR) is 91.9 cm³/mol. The maximum Gasteiger partial charge on any atom is 0.371 e. The van der Waals surface area contributed by atoms with Crippen molar-refractivity contribution in [1.29, 1.82) is 0 Å². The molecular formula is C19H15NO5. The third kappa shape index (κ3) is 3.48. The minimum absolute atomic E-state index is 0.366. The topological polar surface area (TPSA) is 90.2 Å². The number of aromatic hydroxyl groups is 3. The van der Waals surface area contributed by atoms with E-state index in [1.54, 1.807) is 48.5 Å². The number of benzene rings is 3. The highest BCUT2D eigenvalue weighted by Gasteiger charge is 2.23. The fourth-order valence-electron chi connectivity index (χ4n) is 2.32. The second kappa shape index (κ2) is 6.84. The quantitative estimate of drug-likeness (QED) is 0.629. The van der Waals surface area contributed by atoms with Crippen LogP contribution in [0.3, 0.4) is 0 Å². The van der Waals surface area contributed by atoms with Gasteiger partial charge in [0, 0.05) is 12.1 Å². The summed E-state index contributed by atoms with van der Waals surface area (Å²) in [5.41, 5.74) is 0.731. The second-order valence-corrected chi connectivity index (χ2v) is 5.20. The number of carbonyl (C=O) groups excluding carboxylic acids is 1. The molecule has 0 fully saturated rings. The van der Waals surface area contributed by atoms with Gasteiger partial charge < -0.3 is 20.2 Å². The summed E-state index contributed by atoms with van der Waals surface area (Å²) in [4.78, 5) is 17.9. The summed E-state index contributed by atoms with van der Waals surface area (Å²) in [7, 11) is 0. The van der Waals surface area contributed by atoms with E-state index in [1.807, 2.05) is 12.1 Å². The Balaban J connectivity index is 1.98. The van der Waals surface area contributed by atoms with Crippen LogP contribution in [-0.4, -0.2) is 21.3 Å². The lowest BCUT2D eigenvalue weighted by atomic mass is 10.1. The SMILES string of the molecule is O=C(ON(c1ccccc1)c1ccccc1)c1c(O)cc(O)cc1O. The Morgan fingerprint density at radius 3 is 1.64 bits per heavy atom. The molecule has 0 saturated carbocycles. The molecule has 3 aromatic rings. The zero-order chi connectivity index (χ0) is 17.8. The molecule has 0 aromatic heterocycles. The summed E-state index contributed by atoms with van der Waals surface area (Å²) >= 11 is 0. The van der Waals surface area contributed by atoms with Gasteiger partial charge in [-0.05, 0) is 24.3 Å². The van der Waals surface area contributed by atoms with Crippen LogP contribution in [0.4, 0.5) is 11.4 Å². The lowest BCUT2D eigenvalue weighted by Crippen LogP contribution is -2.22. The Morgan fingerprint density at radius 1 is 0.760 bits per heavy atom. The lowest BCUT2D eigenvalue weighted by Gasteiger charge is -2.23. The van der Waals surface area contributed by atoms with Crippen LogP contribution in [0, 0.1) is 0 Å². The number of phenols is 3. The molecule has 126 valence electrons. The standard InChI is InChI=1S/C19H15NO5/c21-15-11-16(22)18(17(23)12-15)19(24)25-20(13-7-3-1-4-8-13)14-9-5-2-6-10-14/h1-12,21-23H. The second-order valence-electron chi connectivity index (χ2n) is 5.20. The number of nitrogens with zero attached hydrogens (tertiary/aromatic N) is 1. The summed E-state index contributed by atoms with van der Waals surface area (Å²) in [5, 5.41) is 30.4. The largest absolute Gasteiger partial charge is 0.508 e. The smallest absolute Gasteiger partial charge is 0.371 e. The van der Waals surface area contributed by atoms with Gasteiger partial charge in [0.15, 0.2) is 0 Å². The van der Waals surface area contributed by atoms with E-state index >= 15 is 0 Å². The third-order valence-electron chi connectivity index (χ3n) is 3.44. The zero-order valence-corrected chi connectivity index (χ0v) is 13.0. The van der Waals surface area contributed by atoms with Gasteiger partial charge in [-0.1, -0.05) is 36.4 Å². The van der Waals surface area contributed by atoms with Gasteiger partial charge in [0.05, 0.1) is 11.4 Å². The summed E-state index contributed by atoms with van der Waals surface area (Å²) in [6.07, 6.45) is 0. The van der Waals surface area contributed by atoms with Gasteiger partial charge >= 0.3 is 5.97 Å². The highest BCUT2D eigenvalue weighted by atomic mass is 16.7. The van der Waals surface area contributed by atoms with Crippen LogP contribution in [0.25, 0.3) is 0 Å². The molecule has 0 radical (unpaired) electrons. The van der Waals surface area contributed by atoms with Gasteiger partial charge in [-0.3, -0.25) is 0 Å². The Kier molecular flexibility index (Phi) is 4.43. The summed E-state index contributed by atoms with van der Waals surface area (Å²) in [6.45, 7) is 0. The van der Waals surface area contributed by atoms with Crippen LogP contribution < -0.4 is 5.06 Å². The van der Waals surface area contributed by atoms with Crippen molar-refractivity contribution in [2.24, 2.45) is 0 Å². The van der Waals surface area contributed by atoms with Gasteiger partial charge in [-0.15, -0.1) is 0 Å². The fraction of sp³-hybridized carbons (Fsp3) is 0. The molecule has 25 heavy (non-hydrogen) atoms. The number of hydrogen-bond acceptors (Lipinski definition) is 6. The van der Waals surface area contributed by atoms with Gasteiger partial charge in [0.25, 0.3) is 0 Å². The minimum Gasteiger partial charge on any atom is -0.508 e. The van der Waals surface area contributed by atoms with E-state index in [-0.39, 0.29) is 5.75 Å². The average Bonchev–Trinajstić information content (AvgIpc) is 2.60. The van der Waals surface area contributed by atoms with Gasteiger partial charge in [-0.2, -0.15) is 5.06 Å². The first kappa shape index (κ1) is 16.2. The maximum absolute atomic E-state index is 12.5. The molecule has 3 aromatic carbocycles. The Labute approximate surface area is 143 Å². The van der Waals surface area contributed by atoms with Gasteiger partial charge in [-0.25, -0.2) is 4.79 Å². The van der Waals surface area contributed by atoms with Crippen LogP contribution in [0.5, 0.6) is 17.2 Å². The van der Waals surface area contributed by atoms with Crippen molar-refractivity contribution in [1.82, 2.24) is 0 Å². The molecule has 0 aliphatic carbocycles. The highest BCUT2D eigenvalue weighted by Crippen LogP contribution is 2.34. The van der Waals surface area contributed by atoms with E-state index in [2.05, 4.69) is 0 Å². The van der Waals surface area contributed by atoms with Crippen molar-refractivity contribution in [2.45, 2.75) is 0 Å². The molecule has 0 spiro atoms. The first-order chi connectivity index (χ1) is 12.1. The maximum atomic E-state index is 12.5. The van der Waals surface area contributed by atoms with Gasteiger partial charge in [0.2, 0.25) is 0 Å². The summed E-state index contributed by atoms with van der Waals surface area (Å²) in [5.74, 6) is -2.50. The Morgan fingerprint density at radius 2 is 1.20 bits per heavy atom. The summed E-state index contributed by atoms with van der Waals surface area (Å²) < 4.78 is 0. The molecule has 0 aliphatic heterocycles. The first-order valence-corrected chi connectivity index (χ1v) is 7.43. The van der Waals surface area contributed by atoms with E-state index in [0.717, 1.165) is 12.1 Å². The molecule has 0 aliphatic rings. The van der Waals surface area contributed by atoms with Crippen LogP contribution >= 0.6 is 0 Å². The molecule has 6 nitrogen and oxygen atoms in total. The number of hydrogen-bond donors (Lipinski definition) is 3. The molecule has 0 saturated heterocycles. The molecular weight excluding hydrogens is 322 g/mol. The van der Waals surface area contributed by atoms with Crippen LogP contribution in [0.15, 0.2) is 72.8 Å². The van der Waals surface area contributed by atoms with Crippen molar-refractivity contribution < 1.29 is 25.0 Å². The monoisotopic (exact) mass is 337 g/mol. The average molecular weight is 337 g/mol. The normalized spacial score (nSPS) is 10.2. The highest BCUT2D eigenvalue weighted by molar-refractivity contribution is 5.96. The lowest BCUT2D eigenvalue weighted by molar-refractivity contribution is 0.0497. The van der Waals surface area contributed by atoms with E-state index in [0.29, 0.717) is 11.4 Å². The summed E-state index contributed by atoms with van der Waals surface area (Å²) in [6, 6.07) is 19.7. The molecule has 3 rings (SSSR count). The van der Waals surface area contributed by atoms with E-state index in [1.165, 1.54) is 5.06 Å². The first-order valence-electron chi connectivity index (χ1n) is 7.43. The molecule has 3 N–H and O–H groups in total. The molecule has 0 unspecified atom stereocenters. The predicted octanol–water partition coefficient (Wildman–Crippen LogP) is 3.71. The van der Waals surface area contributed by atoms with Gasteiger partial charge in [0.1, 0.15) is 22.8 Å². The van der Waals surface area contributed by atoms with Crippen LogP contribution in [0.2, 0.25) is 0 Å². The van der Waals surface area contributed by atoms with Crippen molar-refractivity contribution in [3.05, 3.63) is 78.4 Å². The van der Waals surface area contributed by atoms with E-state index in [4.69, 9.17) is 4.84 Å². The molecule has 0 amide bonds. The number of para-hydroxylation sites is 2. The molecule has 0 atom stereocenters. The molecule has 0 bridgehead atoms.